The van der Waals surface area contributed by atoms with E-state index in [9.17, 15) is 5.11 Å². The molecule has 0 radical (unpaired) electrons. The van der Waals surface area contributed by atoms with Crippen LogP contribution >= 0.6 is 27.0 Å². The van der Waals surface area contributed by atoms with E-state index in [2.05, 4.69) is 34.2 Å². The van der Waals surface area contributed by atoms with Gasteiger partial charge >= 0.3 is 0 Å². The number of rotatable bonds is 5. The monoisotopic (exact) mass is 310 g/mol. The molecule has 0 bridgehead atoms. The predicted octanol–water partition coefficient (Wildman–Crippen LogP) is 4.66. The van der Waals surface area contributed by atoms with Gasteiger partial charge in [-0.2, -0.15) is 27.0 Å². The first kappa shape index (κ1) is 21.2. The fourth-order valence-electron chi connectivity index (χ4n) is 3.10. The van der Waals surface area contributed by atoms with Gasteiger partial charge in [0, 0.05) is 0 Å². The lowest BCUT2D eigenvalue weighted by Gasteiger charge is -2.38. The van der Waals surface area contributed by atoms with E-state index in [1.165, 1.54) is 25.7 Å². The molecule has 0 saturated heterocycles. The highest BCUT2D eigenvalue weighted by Crippen LogP contribution is 2.40. The van der Waals surface area contributed by atoms with Crippen LogP contribution < -0.4 is 0 Å². The van der Waals surface area contributed by atoms with Gasteiger partial charge < -0.3 is 5.11 Å². The summed E-state index contributed by atoms with van der Waals surface area (Å²) in [4.78, 5) is 0. The summed E-state index contributed by atoms with van der Waals surface area (Å²) in [6.45, 7) is 11.9. The van der Waals surface area contributed by atoms with E-state index in [1.54, 1.807) is 0 Å². The maximum Gasteiger partial charge on any atom is 0.0581 e. The second kappa shape index (κ2) is 8.93. The van der Waals surface area contributed by atoms with Crippen LogP contribution in [-0.2, 0) is 0 Å². The highest BCUT2D eigenvalue weighted by Gasteiger charge is 2.38. The molecule has 1 atom stereocenters. The fourth-order valence-corrected chi connectivity index (χ4v) is 6.61. The van der Waals surface area contributed by atoms with Crippen molar-refractivity contribution in [3.63, 3.8) is 0 Å². The van der Waals surface area contributed by atoms with Gasteiger partial charge in [0.2, 0.25) is 0 Å². The summed E-state index contributed by atoms with van der Waals surface area (Å²) in [5.74, 6) is 0.615. The highest BCUT2D eigenvalue weighted by molar-refractivity contribution is 7.59. The summed E-state index contributed by atoms with van der Waals surface area (Å²) >= 11 is 0. The molecular weight excluding hydrogens is 276 g/mol. The molecule has 0 aromatic heterocycles. The average molecular weight is 311 g/mol. The first-order chi connectivity index (χ1) is 7.38. The van der Waals surface area contributed by atoms with Crippen molar-refractivity contribution in [3.05, 3.63) is 0 Å². The van der Waals surface area contributed by atoms with Crippen LogP contribution in [0, 0.1) is 5.92 Å². The van der Waals surface area contributed by atoms with Gasteiger partial charge in [0.1, 0.15) is 0 Å². The van der Waals surface area contributed by atoms with E-state index in [1.807, 2.05) is 0 Å². The summed E-state index contributed by atoms with van der Waals surface area (Å²) in [6.07, 6.45) is 5.19. The summed E-state index contributed by atoms with van der Waals surface area (Å²) < 4.78 is 0. The molecule has 0 heterocycles. The van der Waals surface area contributed by atoms with E-state index in [-0.39, 0.29) is 33.1 Å². The van der Waals surface area contributed by atoms with Crippen LogP contribution in [-0.4, -0.2) is 19.3 Å². The van der Waals surface area contributed by atoms with E-state index < -0.39 is 8.07 Å². The molecule has 0 spiro atoms. The maximum absolute atomic E-state index is 10.4. The van der Waals surface area contributed by atoms with Gasteiger partial charge in [-0.3, -0.25) is 0 Å². The van der Waals surface area contributed by atoms with Crippen LogP contribution in [0.1, 0.15) is 53.4 Å². The first-order valence-electron chi connectivity index (χ1n) is 7.06. The van der Waals surface area contributed by atoms with Gasteiger partial charge in [-0.05, 0) is 24.8 Å². The van der Waals surface area contributed by atoms with Gasteiger partial charge in [0.25, 0.3) is 0 Å². The Morgan fingerprint density at radius 3 is 1.72 bits per heavy atom. The zero-order valence-electron chi connectivity index (χ0n) is 12.8. The third-order valence-corrected chi connectivity index (χ3v) is 11.8. The Morgan fingerprint density at radius 1 is 1.00 bits per heavy atom. The van der Waals surface area contributed by atoms with Crippen molar-refractivity contribution in [3.8, 4) is 0 Å². The van der Waals surface area contributed by atoms with E-state index in [0.717, 1.165) is 17.1 Å². The van der Waals surface area contributed by atoms with Crippen LogP contribution in [0.2, 0.25) is 23.7 Å². The lowest BCUT2D eigenvalue weighted by molar-refractivity contribution is 0.126. The predicted molar refractivity (Wildman–Crippen MR) is 95.3 cm³/mol. The van der Waals surface area contributed by atoms with Crippen molar-refractivity contribution in [2.75, 3.05) is 0 Å². The summed E-state index contributed by atoms with van der Waals surface area (Å²) in [5, 5.41) is 10.4. The van der Waals surface area contributed by atoms with Crippen LogP contribution in [0.3, 0.4) is 0 Å². The van der Waals surface area contributed by atoms with Crippen LogP contribution in [0.4, 0.5) is 0 Å². The molecule has 1 N–H and O–H groups in total. The van der Waals surface area contributed by atoms with Crippen molar-refractivity contribution in [2.45, 2.75) is 83.2 Å². The summed E-state index contributed by atoms with van der Waals surface area (Å²) in [7, 11) is -1.28. The zero-order chi connectivity index (χ0) is 12.3. The van der Waals surface area contributed by atoms with Gasteiger partial charge in [-0.25, -0.2) is 0 Å². The minimum absolute atomic E-state index is 0. The molecule has 1 fully saturated rings. The average Bonchev–Trinajstić information content (AvgIpc) is 2.69. The number of aliphatic hydroxyl groups is 1. The van der Waals surface area contributed by atoms with Crippen LogP contribution in [0.5, 0.6) is 0 Å². The van der Waals surface area contributed by atoms with Crippen LogP contribution in [0.15, 0.2) is 0 Å². The molecular formula is C14H34OS2Si. The Bertz CT molecular complexity index is 208. The molecule has 0 aliphatic heterocycles. The third kappa shape index (κ3) is 5.10. The van der Waals surface area contributed by atoms with Gasteiger partial charge in [-0.15, -0.1) is 0 Å². The second-order valence-corrected chi connectivity index (χ2v) is 12.4. The van der Waals surface area contributed by atoms with E-state index in [4.69, 9.17) is 0 Å². The van der Waals surface area contributed by atoms with E-state index in [0.29, 0.717) is 5.92 Å². The Labute approximate surface area is 129 Å². The standard InChI is InChI=1S/C14H30OSi.2H2S/c1-11(2)16(5,12(3)4)10-14(15)13-8-6-7-9-13;;/h11-15H,6-10H2,1-5H3;2*1H2/t14-;;/m1../s1. The molecule has 0 unspecified atom stereocenters. The quantitative estimate of drug-likeness (QED) is 0.732. The van der Waals surface area contributed by atoms with E-state index >= 15 is 0 Å². The molecule has 0 amide bonds. The molecule has 1 rings (SSSR count). The SMILES string of the molecule is CC(C)[Si](C)(C[C@@H](O)C1CCCC1)C(C)C.S.S. The van der Waals surface area contributed by atoms with Crippen molar-refractivity contribution < 1.29 is 5.11 Å². The molecule has 0 aromatic rings. The number of hydrogen-bond donors (Lipinski definition) is 1. The normalized spacial score (nSPS) is 18.7. The molecule has 1 saturated carbocycles. The number of aliphatic hydroxyl groups excluding tert-OH is 1. The largest absolute Gasteiger partial charge is 0.393 e. The molecule has 18 heavy (non-hydrogen) atoms. The van der Waals surface area contributed by atoms with Gasteiger partial charge in [0.15, 0.2) is 0 Å². The Morgan fingerprint density at radius 2 is 1.39 bits per heavy atom. The zero-order valence-corrected chi connectivity index (χ0v) is 15.8. The Balaban J connectivity index is 0. The Kier molecular flexibility index (Phi) is 10.5. The lowest BCUT2D eigenvalue weighted by atomic mass is 10.0. The van der Waals surface area contributed by atoms with Crippen molar-refractivity contribution >= 4 is 35.1 Å². The van der Waals surface area contributed by atoms with Gasteiger partial charge in [0.05, 0.1) is 14.2 Å². The lowest BCUT2D eigenvalue weighted by Crippen LogP contribution is -2.42. The smallest absolute Gasteiger partial charge is 0.0581 e. The van der Waals surface area contributed by atoms with Crippen molar-refractivity contribution in [1.82, 2.24) is 0 Å². The van der Waals surface area contributed by atoms with Crippen LogP contribution in [0.25, 0.3) is 0 Å². The van der Waals surface area contributed by atoms with Crippen molar-refractivity contribution in [2.24, 2.45) is 5.92 Å². The molecule has 4 heteroatoms. The molecule has 112 valence electrons. The third-order valence-electron chi connectivity index (χ3n) is 5.23. The maximum atomic E-state index is 10.4. The minimum atomic E-state index is -1.28. The topological polar surface area (TPSA) is 20.2 Å². The first-order valence-corrected chi connectivity index (χ1v) is 9.92. The van der Waals surface area contributed by atoms with Crippen molar-refractivity contribution in [1.29, 1.82) is 0 Å². The molecule has 1 aliphatic carbocycles. The van der Waals surface area contributed by atoms with Gasteiger partial charge in [-0.1, -0.05) is 58.2 Å². The highest BCUT2D eigenvalue weighted by atomic mass is 32.1. The Hall–Kier alpha value is 0.877. The summed E-state index contributed by atoms with van der Waals surface area (Å²) in [5.41, 5.74) is 1.56. The molecule has 1 nitrogen and oxygen atoms in total. The minimum Gasteiger partial charge on any atom is -0.393 e. The molecule has 1 aliphatic rings. The second-order valence-electron chi connectivity index (χ2n) is 6.63. The molecule has 0 aromatic carbocycles. The number of hydrogen-bond acceptors (Lipinski definition) is 1. The summed E-state index contributed by atoms with van der Waals surface area (Å²) in [6, 6.07) is 1.12. The fraction of sp³-hybridized carbons (Fsp3) is 1.00.